The van der Waals surface area contributed by atoms with Crippen LogP contribution in [-0.4, -0.2) is 39.3 Å². The molecule has 0 saturated carbocycles. The average molecular weight is 453 g/mol. The van der Waals surface area contributed by atoms with Crippen LogP contribution in [0.3, 0.4) is 0 Å². The number of nitrogens with one attached hydrogen (secondary N) is 2. The maximum absolute atomic E-state index is 11.4. The number of aliphatic imine (C=N–C) groups is 1. The van der Waals surface area contributed by atoms with Crippen molar-refractivity contribution in [3.63, 3.8) is 0 Å². The first-order valence-electron chi connectivity index (χ1n) is 7.47. The number of hydrogen-bond acceptors (Lipinski definition) is 3. The molecule has 23 heavy (non-hydrogen) atoms. The lowest BCUT2D eigenvalue weighted by Gasteiger charge is -2.23. The van der Waals surface area contributed by atoms with Gasteiger partial charge < -0.3 is 10.6 Å². The zero-order valence-electron chi connectivity index (χ0n) is 14.5. The molecule has 0 aliphatic carbocycles. The Morgan fingerprint density at radius 1 is 1.17 bits per heavy atom. The predicted octanol–water partition coefficient (Wildman–Crippen LogP) is 2.60. The summed E-state index contributed by atoms with van der Waals surface area (Å²) in [6.45, 7) is 9.75. The topological polar surface area (TPSA) is 70.6 Å². The molecular weight excluding hydrogens is 425 g/mol. The van der Waals surface area contributed by atoms with E-state index in [1.807, 2.05) is 19.1 Å². The smallest absolute Gasteiger partial charge is 0.191 e. The Labute approximate surface area is 157 Å². The van der Waals surface area contributed by atoms with Gasteiger partial charge in [0.1, 0.15) is 0 Å². The number of nitrogens with zero attached hydrogens (tertiary/aromatic N) is 1. The third-order valence-electron chi connectivity index (χ3n) is 2.86. The Kier molecular flexibility index (Phi) is 9.12. The van der Waals surface area contributed by atoms with Crippen molar-refractivity contribution in [1.29, 1.82) is 0 Å². The molecule has 0 fully saturated rings. The molecule has 0 unspecified atom stereocenters. The lowest BCUT2D eigenvalue weighted by Crippen LogP contribution is -2.47. The molecular formula is C16H28IN3O2S. The van der Waals surface area contributed by atoms with Gasteiger partial charge >= 0.3 is 0 Å². The van der Waals surface area contributed by atoms with Gasteiger partial charge in [-0.3, -0.25) is 4.99 Å². The number of sulfone groups is 1. The Morgan fingerprint density at radius 3 is 2.17 bits per heavy atom. The molecule has 0 radical (unpaired) electrons. The molecule has 0 bridgehead atoms. The van der Waals surface area contributed by atoms with Gasteiger partial charge in [0.15, 0.2) is 15.8 Å². The third-order valence-corrected chi connectivity index (χ3v) is 3.99. The number of rotatable bonds is 5. The largest absolute Gasteiger partial charge is 0.357 e. The minimum Gasteiger partial charge on any atom is -0.357 e. The van der Waals surface area contributed by atoms with Gasteiger partial charge in [0, 0.05) is 24.9 Å². The lowest BCUT2D eigenvalue weighted by molar-refractivity contribution is 0.501. The predicted molar refractivity (Wildman–Crippen MR) is 108 cm³/mol. The molecule has 0 aliphatic rings. The second kappa shape index (κ2) is 9.46. The van der Waals surface area contributed by atoms with Crippen LogP contribution in [-0.2, 0) is 16.3 Å². The van der Waals surface area contributed by atoms with Crippen LogP contribution in [0.2, 0.25) is 0 Å². The first-order valence-corrected chi connectivity index (χ1v) is 9.36. The average Bonchev–Trinajstić information content (AvgIpc) is 2.36. The van der Waals surface area contributed by atoms with Crippen LogP contribution in [0.25, 0.3) is 0 Å². The Balaban J connectivity index is 0.00000484. The van der Waals surface area contributed by atoms with Gasteiger partial charge in [-0.25, -0.2) is 8.42 Å². The summed E-state index contributed by atoms with van der Waals surface area (Å²) in [5.41, 5.74) is 1.03. The second-order valence-corrected chi connectivity index (χ2v) is 8.32. The van der Waals surface area contributed by atoms with Gasteiger partial charge in [0.25, 0.3) is 0 Å². The molecule has 2 N–H and O–H groups in total. The quantitative estimate of drug-likeness (QED) is 0.409. The minimum absolute atomic E-state index is 0. The Morgan fingerprint density at radius 2 is 1.74 bits per heavy atom. The maximum Gasteiger partial charge on any atom is 0.191 e. The first kappa shape index (κ1) is 22.2. The fourth-order valence-corrected chi connectivity index (χ4v) is 2.49. The number of benzene rings is 1. The van der Waals surface area contributed by atoms with Crippen molar-refractivity contribution >= 4 is 39.8 Å². The van der Waals surface area contributed by atoms with Crippen molar-refractivity contribution < 1.29 is 8.42 Å². The van der Waals surface area contributed by atoms with Crippen LogP contribution < -0.4 is 10.6 Å². The molecule has 0 aromatic heterocycles. The molecule has 7 heteroatoms. The van der Waals surface area contributed by atoms with E-state index in [-0.39, 0.29) is 29.5 Å². The second-order valence-electron chi connectivity index (χ2n) is 6.30. The maximum atomic E-state index is 11.4. The van der Waals surface area contributed by atoms with Crippen LogP contribution >= 0.6 is 24.0 Å². The molecule has 0 saturated heterocycles. The zero-order chi connectivity index (χ0) is 16.8. The SMILES string of the molecule is CCNC(=NCCc1ccc(S(C)(=O)=O)cc1)NC(C)(C)C.I. The van der Waals surface area contributed by atoms with Crippen LogP contribution in [0, 0.1) is 0 Å². The lowest BCUT2D eigenvalue weighted by atomic mass is 10.1. The van der Waals surface area contributed by atoms with Crippen LogP contribution in [0.15, 0.2) is 34.2 Å². The molecule has 0 aliphatic heterocycles. The highest BCUT2D eigenvalue weighted by molar-refractivity contribution is 14.0. The van der Waals surface area contributed by atoms with E-state index in [1.54, 1.807) is 12.1 Å². The van der Waals surface area contributed by atoms with E-state index in [4.69, 9.17) is 0 Å². The molecule has 0 amide bonds. The minimum atomic E-state index is -3.13. The monoisotopic (exact) mass is 453 g/mol. The van der Waals surface area contributed by atoms with Crippen molar-refractivity contribution in [2.45, 2.75) is 44.6 Å². The summed E-state index contributed by atoms with van der Waals surface area (Å²) in [7, 11) is -3.13. The van der Waals surface area contributed by atoms with Crippen LogP contribution in [0.4, 0.5) is 0 Å². The summed E-state index contributed by atoms with van der Waals surface area (Å²) in [5, 5.41) is 6.55. The van der Waals surface area contributed by atoms with Crippen molar-refractivity contribution in [2.75, 3.05) is 19.3 Å². The van der Waals surface area contributed by atoms with Gasteiger partial charge in [0.2, 0.25) is 0 Å². The molecule has 0 heterocycles. The number of halogens is 1. The van der Waals surface area contributed by atoms with E-state index < -0.39 is 9.84 Å². The van der Waals surface area contributed by atoms with Gasteiger partial charge in [-0.15, -0.1) is 24.0 Å². The molecule has 1 rings (SSSR count). The van der Waals surface area contributed by atoms with E-state index in [1.165, 1.54) is 6.26 Å². The van der Waals surface area contributed by atoms with Gasteiger partial charge in [-0.05, 0) is 51.8 Å². The van der Waals surface area contributed by atoms with E-state index >= 15 is 0 Å². The fourth-order valence-electron chi connectivity index (χ4n) is 1.86. The molecule has 5 nitrogen and oxygen atoms in total. The van der Waals surface area contributed by atoms with Crippen molar-refractivity contribution in [2.24, 2.45) is 4.99 Å². The van der Waals surface area contributed by atoms with Crippen molar-refractivity contribution in [1.82, 2.24) is 10.6 Å². The molecule has 1 aromatic carbocycles. The summed E-state index contributed by atoms with van der Waals surface area (Å²) < 4.78 is 22.8. The van der Waals surface area contributed by atoms with Gasteiger partial charge in [0.05, 0.1) is 4.90 Å². The van der Waals surface area contributed by atoms with Crippen molar-refractivity contribution in [3.05, 3.63) is 29.8 Å². The summed E-state index contributed by atoms with van der Waals surface area (Å²) in [6, 6.07) is 6.98. The zero-order valence-corrected chi connectivity index (χ0v) is 17.7. The highest BCUT2D eigenvalue weighted by atomic mass is 127. The Bertz CT molecular complexity index is 605. The number of guanidine groups is 1. The van der Waals surface area contributed by atoms with E-state index in [0.717, 1.165) is 24.5 Å². The standard InChI is InChI=1S/C16H27N3O2S.HI/c1-6-17-15(19-16(2,3)4)18-12-11-13-7-9-14(10-8-13)22(5,20)21;/h7-10H,6,11-12H2,1-5H3,(H2,17,18,19);1H. The van der Waals surface area contributed by atoms with Crippen molar-refractivity contribution in [3.8, 4) is 0 Å². The van der Waals surface area contributed by atoms with E-state index in [0.29, 0.717) is 11.4 Å². The molecule has 0 atom stereocenters. The molecule has 0 spiro atoms. The van der Waals surface area contributed by atoms with Gasteiger partial charge in [-0.1, -0.05) is 12.1 Å². The number of hydrogen-bond donors (Lipinski definition) is 2. The van der Waals surface area contributed by atoms with E-state index in [2.05, 4.69) is 36.4 Å². The highest BCUT2D eigenvalue weighted by Crippen LogP contribution is 2.10. The molecule has 132 valence electrons. The summed E-state index contributed by atoms with van der Waals surface area (Å²) >= 11 is 0. The molecule has 1 aromatic rings. The normalized spacial score (nSPS) is 12.5. The Hall–Kier alpha value is -0.830. The van der Waals surface area contributed by atoms with Crippen LogP contribution in [0.5, 0.6) is 0 Å². The summed E-state index contributed by atoms with van der Waals surface area (Å²) in [5.74, 6) is 0.794. The summed E-state index contributed by atoms with van der Waals surface area (Å²) in [6.07, 6.45) is 1.98. The van der Waals surface area contributed by atoms with E-state index in [9.17, 15) is 8.42 Å². The third kappa shape index (κ3) is 9.14. The fraction of sp³-hybridized carbons (Fsp3) is 0.562. The highest BCUT2D eigenvalue weighted by Gasteiger charge is 2.11. The van der Waals surface area contributed by atoms with Gasteiger partial charge in [-0.2, -0.15) is 0 Å². The first-order chi connectivity index (χ1) is 10.1. The summed E-state index contributed by atoms with van der Waals surface area (Å²) in [4.78, 5) is 4.89. The van der Waals surface area contributed by atoms with Crippen LogP contribution in [0.1, 0.15) is 33.3 Å².